The number of thiophene rings is 1. The molecule has 0 saturated heterocycles. The van der Waals surface area contributed by atoms with Gasteiger partial charge in [0.15, 0.2) is 11.5 Å². The maximum Gasteiger partial charge on any atom is 0.294 e. The van der Waals surface area contributed by atoms with Gasteiger partial charge in [0.1, 0.15) is 11.9 Å². The van der Waals surface area contributed by atoms with Crippen molar-refractivity contribution in [1.82, 2.24) is 0 Å². The van der Waals surface area contributed by atoms with Gasteiger partial charge in [0, 0.05) is 16.5 Å². The maximum atomic E-state index is 13.2. The van der Waals surface area contributed by atoms with Crippen molar-refractivity contribution >= 4 is 28.7 Å². The number of nitrogens with zero attached hydrogens (tertiary/aromatic N) is 1. The number of aliphatic hydroxyl groups is 1. The number of Topliss-reactive ketones (excluding diaryl/α,β-unsaturated/α-hetero) is 1. The predicted molar refractivity (Wildman–Crippen MR) is 90.4 cm³/mol. The average molecular weight is 345 g/mol. The first-order chi connectivity index (χ1) is 11.4. The lowest BCUT2D eigenvalue weighted by Crippen LogP contribution is -2.31. The Kier molecular flexibility index (Phi) is 4.24. The number of hydrogen-bond donors (Lipinski definition) is 1. The van der Waals surface area contributed by atoms with Crippen LogP contribution in [0, 0.1) is 11.7 Å². The molecule has 2 heterocycles. The van der Waals surface area contributed by atoms with Crippen molar-refractivity contribution in [2.75, 3.05) is 4.90 Å². The zero-order valence-corrected chi connectivity index (χ0v) is 14.0. The molecule has 0 saturated carbocycles. The highest BCUT2D eigenvalue weighted by Crippen LogP contribution is 2.43. The summed E-state index contributed by atoms with van der Waals surface area (Å²) in [7, 11) is 0. The lowest BCUT2D eigenvalue weighted by molar-refractivity contribution is -0.119. The standard InChI is InChI=1S/C18H16FNO3S/c1-10(2)16(21)14-15(13-4-3-9-24-13)20(18(23)17(14)22)12-7-5-11(19)6-8-12/h3-10,15,22H,1-2H3. The smallest absolute Gasteiger partial charge is 0.294 e. The predicted octanol–water partition coefficient (Wildman–Crippen LogP) is 4.01. The van der Waals surface area contributed by atoms with Crippen molar-refractivity contribution in [3.8, 4) is 0 Å². The van der Waals surface area contributed by atoms with Gasteiger partial charge in [0.05, 0.1) is 5.57 Å². The number of aliphatic hydroxyl groups excluding tert-OH is 1. The van der Waals surface area contributed by atoms with E-state index < -0.39 is 23.5 Å². The van der Waals surface area contributed by atoms with Crippen LogP contribution in [-0.4, -0.2) is 16.8 Å². The molecular formula is C18H16FNO3S. The first-order valence-corrected chi connectivity index (χ1v) is 8.39. The molecule has 0 spiro atoms. The van der Waals surface area contributed by atoms with E-state index in [0.717, 1.165) is 4.88 Å². The van der Waals surface area contributed by atoms with Gasteiger partial charge in [-0.2, -0.15) is 0 Å². The molecule has 1 atom stereocenters. The van der Waals surface area contributed by atoms with Crippen LogP contribution in [0.15, 0.2) is 53.1 Å². The average Bonchev–Trinajstić information content (AvgIpc) is 3.16. The Labute approximate surface area is 142 Å². The molecule has 1 unspecified atom stereocenters. The highest BCUT2D eigenvalue weighted by atomic mass is 32.1. The van der Waals surface area contributed by atoms with E-state index in [1.165, 1.54) is 40.5 Å². The number of benzene rings is 1. The number of hydrogen-bond acceptors (Lipinski definition) is 4. The van der Waals surface area contributed by atoms with E-state index in [1.54, 1.807) is 13.8 Å². The quantitative estimate of drug-likeness (QED) is 0.911. The molecule has 4 nitrogen and oxygen atoms in total. The van der Waals surface area contributed by atoms with Crippen molar-refractivity contribution in [3.05, 3.63) is 63.8 Å². The molecule has 2 aromatic rings. The highest BCUT2D eigenvalue weighted by Gasteiger charge is 2.45. The zero-order chi connectivity index (χ0) is 17.4. The molecule has 6 heteroatoms. The fourth-order valence-corrected chi connectivity index (χ4v) is 3.58. The fourth-order valence-electron chi connectivity index (χ4n) is 2.75. The SMILES string of the molecule is CC(C)C(=O)C1=C(O)C(=O)N(c2ccc(F)cc2)C1c1cccs1. The number of halogens is 1. The van der Waals surface area contributed by atoms with Gasteiger partial charge in [-0.1, -0.05) is 19.9 Å². The molecule has 1 aliphatic heterocycles. The van der Waals surface area contributed by atoms with Crippen LogP contribution in [0.25, 0.3) is 0 Å². The third-order valence-corrected chi connectivity index (χ3v) is 4.84. The van der Waals surface area contributed by atoms with E-state index in [0.29, 0.717) is 5.69 Å². The van der Waals surface area contributed by atoms with Crippen molar-refractivity contribution < 1.29 is 19.1 Å². The lowest BCUT2D eigenvalue weighted by Gasteiger charge is -2.26. The summed E-state index contributed by atoms with van der Waals surface area (Å²) < 4.78 is 13.2. The summed E-state index contributed by atoms with van der Waals surface area (Å²) in [6, 6.07) is 8.35. The zero-order valence-electron chi connectivity index (χ0n) is 13.2. The molecule has 1 aromatic carbocycles. The Hall–Kier alpha value is -2.47. The van der Waals surface area contributed by atoms with Crippen molar-refractivity contribution in [1.29, 1.82) is 0 Å². The van der Waals surface area contributed by atoms with Crippen LogP contribution >= 0.6 is 11.3 Å². The summed E-state index contributed by atoms with van der Waals surface area (Å²) in [6.07, 6.45) is 0. The number of rotatable bonds is 4. The molecule has 1 aliphatic rings. The first kappa shape index (κ1) is 16.4. The minimum absolute atomic E-state index is 0.0989. The molecule has 1 aromatic heterocycles. The summed E-state index contributed by atoms with van der Waals surface area (Å²) >= 11 is 1.39. The minimum atomic E-state index is -0.696. The first-order valence-electron chi connectivity index (χ1n) is 7.51. The fraction of sp³-hybridized carbons (Fsp3) is 0.222. The van der Waals surface area contributed by atoms with Crippen LogP contribution in [0.5, 0.6) is 0 Å². The van der Waals surface area contributed by atoms with Gasteiger partial charge in [0.2, 0.25) is 0 Å². The third-order valence-electron chi connectivity index (χ3n) is 3.92. The second-order valence-electron chi connectivity index (χ2n) is 5.85. The van der Waals surface area contributed by atoms with Crippen molar-refractivity contribution in [2.45, 2.75) is 19.9 Å². The van der Waals surface area contributed by atoms with E-state index in [4.69, 9.17) is 0 Å². The van der Waals surface area contributed by atoms with E-state index in [2.05, 4.69) is 0 Å². The largest absolute Gasteiger partial charge is 0.503 e. The van der Waals surface area contributed by atoms with Gasteiger partial charge in [-0.3, -0.25) is 14.5 Å². The molecule has 24 heavy (non-hydrogen) atoms. The van der Waals surface area contributed by atoms with E-state index >= 15 is 0 Å². The van der Waals surface area contributed by atoms with Crippen LogP contribution in [0.3, 0.4) is 0 Å². The molecule has 3 rings (SSSR count). The summed E-state index contributed by atoms with van der Waals surface area (Å²) in [6.45, 7) is 3.44. The van der Waals surface area contributed by atoms with Crippen molar-refractivity contribution in [2.24, 2.45) is 5.92 Å². The number of ketones is 1. The summed E-state index contributed by atoms with van der Waals surface area (Å²) in [4.78, 5) is 27.3. The van der Waals surface area contributed by atoms with Gasteiger partial charge in [0.25, 0.3) is 5.91 Å². The number of amides is 1. The Morgan fingerprint density at radius 1 is 1.25 bits per heavy atom. The van der Waals surface area contributed by atoms with Gasteiger partial charge in [-0.15, -0.1) is 11.3 Å². The molecule has 0 aliphatic carbocycles. The van der Waals surface area contributed by atoms with Gasteiger partial charge in [-0.25, -0.2) is 4.39 Å². The summed E-state index contributed by atoms with van der Waals surface area (Å²) in [5.41, 5.74) is 0.527. The number of anilines is 1. The van der Waals surface area contributed by atoms with Crippen LogP contribution < -0.4 is 4.90 Å². The number of carbonyl (C=O) groups is 2. The second-order valence-corrected chi connectivity index (χ2v) is 6.83. The molecule has 0 bridgehead atoms. The van der Waals surface area contributed by atoms with E-state index in [9.17, 15) is 19.1 Å². The highest BCUT2D eigenvalue weighted by molar-refractivity contribution is 7.10. The van der Waals surface area contributed by atoms with Crippen molar-refractivity contribution in [3.63, 3.8) is 0 Å². The van der Waals surface area contributed by atoms with E-state index in [-0.39, 0.29) is 17.3 Å². The maximum absolute atomic E-state index is 13.2. The van der Waals surface area contributed by atoms with Crippen LogP contribution in [-0.2, 0) is 9.59 Å². The third kappa shape index (κ3) is 2.63. The summed E-state index contributed by atoms with van der Waals surface area (Å²) in [5.74, 6) is -2.23. The van der Waals surface area contributed by atoms with Crippen LogP contribution in [0.2, 0.25) is 0 Å². The Bertz CT molecular complexity index is 809. The number of carbonyl (C=O) groups excluding carboxylic acids is 2. The Balaban J connectivity index is 2.15. The second kappa shape index (κ2) is 6.20. The molecule has 1 amide bonds. The Morgan fingerprint density at radius 2 is 1.92 bits per heavy atom. The van der Waals surface area contributed by atoms with E-state index in [1.807, 2.05) is 17.5 Å². The monoisotopic (exact) mass is 345 g/mol. The van der Waals surface area contributed by atoms with Gasteiger partial charge >= 0.3 is 0 Å². The summed E-state index contributed by atoms with van der Waals surface area (Å²) in [5, 5.41) is 12.2. The van der Waals surface area contributed by atoms with Crippen LogP contribution in [0.4, 0.5) is 10.1 Å². The molecule has 124 valence electrons. The minimum Gasteiger partial charge on any atom is -0.503 e. The van der Waals surface area contributed by atoms with Gasteiger partial charge < -0.3 is 5.11 Å². The molecular weight excluding hydrogens is 329 g/mol. The molecule has 1 N–H and O–H groups in total. The lowest BCUT2D eigenvalue weighted by atomic mass is 9.94. The van der Waals surface area contributed by atoms with Crippen LogP contribution in [0.1, 0.15) is 24.8 Å². The molecule has 0 radical (unpaired) electrons. The molecule has 0 fully saturated rings. The normalized spacial score (nSPS) is 17.9. The Morgan fingerprint density at radius 3 is 2.46 bits per heavy atom. The topological polar surface area (TPSA) is 57.6 Å². The van der Waals surface area contributed by atoms with Gasteiger partial charge in [-0.05, 0) is 35.7 Å².